The van der Waals surface area contributed by atoms with Crippen LogP contribution in [0.2, 0.25) is 0 Å². The van der Waals surface area contributed by atoms with Gasteiger partial charge in [-0.2, -0.15) is 0 Å². The number of nitrogens with zero attached hydrogens (tertiary/aromatic N) is 1. The van der Waals surface area contributed by atoms with Gasteiger partial charge in [0, 0.05) is 6.42 Å². The van der Waals surface area contributed by atoms with Crippen molar-refractivity contribution in [2.45, 2.75) is 39.8 Å². The summed E-state index contributed by atoms with van der Waals surface area (Å²) in [4.78, 5) is 14.1. The van der Waals surface area contributed by atoms with Crippen LogP contribution in [-0.4, -0.2) is 10.8 Å². The maximum Gasteiger partial charge on any atom is 0.223 e. The van der Waals surface area contributed by atoms with Gasteiger partial charge in [0.05, 0.1) is 25.6 Å². The van der Waals surface area contributed by atoms with E-state index in [4.69, 9.17) is 8.83 Å². The highest BCUT2D eigenvalue weighted by atomic mass is 16.3. The summed E-state index contributed by atoms with van der Waals surface area (Å²) in [7, 11) is 0. The number of carbonyl (C=O) groups excluding carboxylic acids is 1. The molecule has 0 aliphatic heterocycles. The van der Waals surface area contributed by atoms with Crippen LogP contribution in [0.25, 0.3) is 0 Å². The van der Waals surface area contributed by atoms with Crippen LogP contribution < -0.4 is 0 Å². The molecule has 0 saturated heterocycles. The average Bonchev–Trinajstić information content (AvgIpc) is 3.08. The standard InChI is InChI=1S/C16H21NO3/c1-13(2)7-8-16(18)17(11-14-5-3-9-19-14)12-15-6-4-10-20-15/h3-6,9-10,13H,7-8,11-12H2,1-2H3. The molecule has 2 rings (SSSR count). The second-order valence-corrected chi connectivity index (χ2v) is 5.34. The van der Waals surface area contributed by atoms with Gasteiger partial charge in [-0.3, -0.25) is 4.79 Å². The van der Waals surface area contributed by atoms with Gasteiger partial charge in [0.2, 0.25) is 5.91 Å². The molecule has 0 saturated carbocycles. The van der Waals surface area contributed by atoms with E-state index in [0.717, 1.165) is 17.9 Å². The molecule has 2 heterocycles. The highest BCUT2D eigenvalue weighted by molar-refractivity contribution is 5.76. The number of carbonyl (C=O) groups is 1. The molecule has 1 amide bonds. The Morgan fingerprint density at radius 1 is 1.10 bits per heavy atom. The molecule has 0 aliphatic rings. The molecule has 0 aromatic carbocycles. The molecule has 20 heavy (non-hydrogen) atoms. The molecule has 4 heteroatoms. The van der Waals surface area contributed by atoms with Crippen molar-refractivity contribution in [2.24, 2.45) is 5.92 Å². The van der Waals surface area contributed by atoms with E-state index in [1.807, 2.05) is 24.3 Å². The third-order valence-corrected chi connectivity index (χ3v) is 3.14. The molecule has 0 bridgehead atoms. The molecule has 0 spiro atoms. The molecule has 2 aromatic heterocycles. The highest BCUT2D eigenvalue weighted by Crippen LogP contribution is 2.14. The van der Waals surface area contributed by atoms with Gasteiger partial charge in [-0.15, -0.1) is 0 Å². The molecule has 0 aliphatic carbocycles. The first-order valence-electron chi connectivity index (χ1n) is 6.97. The Bertz CT molecular complexity index is 464. The topological polar surface area (TPSA) is 46.6 Å². The van der Waals surface area contributed by atoms with E-state index in [0.29, 0.717) is 25.4 Å². The largest absolute Gasteiger partial charge is 0.467 e. The fourth-order valence-electron chi connectivity index (χ4n) is 1.98. The van der Waals surface area contributed by atoms with Gasteiger partial charge in [-0.25, -0.2) is 0 Å². The Labute approximate surface area is 119 Å². The van der Waals surface area contributed by atoms with Crippen molar-refractivity contribution in [2.75, 3.05) is 0 Å². The van der Waals surface area contributed by atoms with Crippen molar-refractivity contribution in [1.82, 2.24) is 4.90 Å². The van der Waals surface area contributed by atoms with Gasteiger partial charge < -0.3 is 13.7 Å². The number of furan rings is 2. The van der Waals surface area contributed by atoms with E-state index in [2.05, 4.69) is 13.8 Å². The molecule has 0 radical (unpaired) electrons. The van der Waals surface area contributed by atoms with Crippen LogP contribution in [0.1, 0.15) is 38.2 Å². The highest BCUT2D eigenvalue weighted by Gasteiger charge is 2.17. The van der Waals surface area contributed by atoms with Crippen LogP contribution in [0.3, 0.4) is 0 Å². The monoisotopic (exact) mass is 275 g/mol. The zero-order valence-corrected chi connectivity index (χ0v) is 12.0. The normalized spacial score (nSPS) is 10.9. The van der Waals surface area contributed by atoms with Crippen LogP contribution in [0.5, 0.6) is 0 Å². The molecule has 2 aromatic rings. The Hall–Kier alpha value is -1.97. The Morgan fingerprint density at radius 2 is 1.65 bits per heavy atom. The van der Waals surface area contributed by atoms with Crippen LogP contribution in [0.4, 0.5) is 0 Å². The zero-order chi connectivity index (χ0) is 14.4. The summed E-state index contributed by atoms with van der Waals surface area (Å²) in [5.74, 6) is 2.23. The fraction of sp³-hybridized carbons (Fsp3) is 0.438. The first-order chi connectivity index (χ1) is 9.65. The predicted molar refractivity (Wildman–Crippen MR) is 75.7 cm³/mol. The van der Waals surface area contributed by atoms with Crippen molar-refractivity contribution >= 4 is 5.91 Å². The van der Waals surface area contributed by atoms with Crippen molar-refractivity contribution < 1.29 is 13.6 Å². The number of rotatable bonds is 7. The van der Waals surface area contributed by atoms with Gasteiger partial charge in [0.1, 0.15) is 11.5 Å². The lowest BCUT2D eigenvalue weighted by atomic mass is 10.1. The molecule has 0 unspecified atom stereocenters. The maximum absolute atomic E-state index is 12.3. The fourth-order valence-corrected chi connectivity index (χ4v) is 1.98. The van der Waals surface area contributed by atoms with E-state index in [-0.39, 0.29) is 5.91 Å². The number of hydrogen-bond acceptors (Lipinski definition) is 3. The molecule has 0 fully saturated rings. The summed E-state index contributed by atoms with van der Waals surface area (Å²) in [6.07, 6.45) is 4.70. The number of hydrogen-bond donors (Lipinski definition) is 0. The molecule has 108 valence electrons. The predicted octanol–water partition coefficient (Wildman–Crippen LogP) is 3.84. The summed E-state index contributed by atoms with van der Waals surface area (Å²) in [6.45, 7) is 5.20. The van der Waals surface area contributed by atoms with E-state index >= 15 is 0 Å². The summed E-state index contributed by atoms with van der Waals surface area (Å²) >= 11 is 0. The first-order valence-corrected chi connectivity index (χ1v) is 6.97. The number of amides is 1. The Kier molecular flexibility index (Phi) is 5.04. The van der Waals surface area contributed by atoms with Crippen LogP contribution in [-0.2, 0) is 17.9 Å². The molecular formula is C16H21NO3. The Balaban J connectivity index is 2.00. The van der Waals surface area contributed by atoms with Crippen LogP contribution in [0.15, 0.2) is 45.6 Å². The second kappa shape index (κ2) is 6.98. The molecule has 4 nitrogen and oxygen atoms in total. The van der Waals surface area contributed by atoms with E-state index in [9.17, 15) is 4.79 Å². The van der Waals surface area contributed by atoms with Crippen molar-refractivity contribution in [3.05, 3.63) is 48.3 Å². The van der Waals surface area contributed by atoms with Gasteiger partial charge in [0.25, 0.3) is 0 Å². The third-order valence-electron chi connectivity index (χ3n) is 3.14. The van der Waals surface area contributed by atoms with Crippen molar-refractivity contribution in [3.8, 4) is 0 Å². The van der Waals surface area contributed by atoms with Gasteiger partial charge in [-0.1, -0.05) is 13.8 Å². The van der Waals surface area contributed by atoms with E-state index < -0.39 is 0 Å². The molecule has 0 N–H and O–H groups in total. The van der Waals surface area contributed by atoms with E-state index in [1.54, 1.807) is 17.4 Å². The maximum atomic E-state index is 12.3. The second-order valence-electron chi connectivity index (χ2n) is 5.34. The molecular weight excluding hydrogens is 254 g/mol. The smallest absolute Gasteiger partial charge is 0.223 e. The summed E-state index contributed by atoms with van der Waals surface area (Å²) < 4.78 is 10.7. The lowest BCUT2D eigenvalue weighted by Crippen LogP contribution is -2.29. The average molecular weight is 275 g/mol. The lowest BCUT2D eigenvalue weighted by Gasteiger charge is -2.21. The van der Waals surface area contributed by atoms with Gasteiger partial charge >= 0.3 is 0 Å². The van der Waals surface area contributed by atoms with Crippen molar-refractivity contribution in [1.29, 1.82) is 0 Å². The Morgan fingerprint density at radius 3 is 2.05 bits per heavy atom. The van der Waals surface area contributed by atoms with Crippen LogP contribution in [0, 0.1) is 5.92 Å². The SMILES string of the molecule is CC(C)CCC(=O)N(Cc1ccco1)Cc1ccco1. The van der Waals surface area contributed by atoms with Crippen molar-refractivity contribution in [3.63, 3.8) is 0 Å². The third kappa shape index (κ3) is 4.30. The lowest BCUT2D eigenvalue weighted by molar-refractivity contribution is -0.133. The summed E-state index contributed by atoms with van der Waals surface area (Å²) in [6, 6.07) is 7.42. The van der Waals surface area contributed by atoms with Crippen LogP contribution >= 0.6 is 0 Å². The summed E-state index contributed by atoms with van der Waals surface area (Å²) in [5, 5.41) is 0. The zero-order valence-electron chi connectivity index (χ0n) is 12.0. The van der Waals surface area contributed by atoms with Gasteiger partial charge in [-0.05, 0) is 36.6 Å². The minimum Gasteiger partial charge on any atom is -0.467 e. The minimum absolute atomic E-state index is 0.131. The minimum atomic E-state index is 0.131. The molecule has 0 atom stereocenters. The van der Waals surface area contributed by atoms with Gasteiger partial charge in [0.15, 0.2) is 0 Å². The summed E-state index contributed by atoms with van der Waals surface area (Å²) in [5.41, 5.74) is 0. The first kappa shape index (κ1) is 14.4. The quantitative estimate of drug-likeness (QED) is 0.771. The van der Waals surface area contributed by atoms with E-state index in [1.165, 1.54) is 0 Å².